The Morgan fingerprint density at radius 1 is 1.31 bits per heavy atom. The number of piperidine rings is 1. The molecule has 0 aromatic rings. The van der Waals surface area contributed by atoms with E-state index in [0.29, 0.717) is 17.9 Å². The van der Waals surface area contributed by atoms with Crippen LogP contribution in [0.15, 0.2) is 0 Å². The molecule has 0 aromatic carbocycles. The van der Waals surface area contributed by atoms with E-state index >= 15 is 0 Å². The van der Waals surface area contributed by atoms with Crippen LogP contribution < -0.4 is 5.32 Å². The maximum Gasteiger partial charge on any atom is 0.222 e. The fourth-order valence-electron chi connectivity index (χ4n) is 2.52. The summed E-state index contributed by atoms with van der Waals surface area (Å²) in [5.74, 6) is 0.936. The van der Waals surface area contributed by atoms with Crippen LogP contribution in [-0.2, 0) is 4.79 Å². The molecule has 1 fully saturated rings. The van der Waals surface area contributed by atoms with Gasteiger partial charge in [0.25, 0.3) is 0 Å². The quantitative estimate of drug-likeness (QED) is 0.778. The summed E-state index contributed by atoms with van der Waals surface area (Å²) in [6, 6.07) is 0.425. The van der Waals surface area contributed by atoms with Gasteiger partial charge in [0.05, 0.1) is 0 Å². The highest BCUT2D eigenvalue weighted by Crippen LogP contribution is 2.18. The molecular formula is C13H26N2O. The van der Waals surface area contributed by atoms with Gasteiger partial charge in [-0.2, -0.15) is 0 Å². The summed E-state index contributed by atoms with van der Waals surface area (Å²) in [5.41, 5.74) is 0. The highest BCUT2D eigenvalue weighted by atomic mass is 16.2. The first-order valence-electron chi connectivity index (χ1n) is 6.65. The lowest BCUT2D eigenvalue weighted by molar-refractivity contribution is -0.133. The molecular weight excluding hydrogens is 200 g/mol. The van der Waals surface area contributed by atoms with Crippen LogP contribution in [-0.4, -0.2) is 37.0 Å². The molecule has 1 rings (SSSR count). The first kappa shape index (κ1) is 13.5. The monoisotopic (exact) mass is 226 g/mol. The average Bonchev–Trinajstić information content (AvgIpc) is 2.31. The van der Waals surface area contributed by atoms with Gasteiger partial charge in [-0.25, -0.2) is 0 Å². The normalized spacial score (nSPS) is 17.8. The molecule has 0 saturated carbocycles. The molecule has 1 N–H and O–H groups in total. The second kappa shape index (κ2) is 6.89. The molecule has 0 bridgehead atoms. The highest BCUT2D eigenvalue weighted by Gasteiger charge is 2.21. The Morgan fingerprint density at radius 3 is 2.38 bits per heavy atom. The molecule has 16 heavy (non-hydrogen) atoms. The van der Waals surface area contributed by atoms with Gasteiger partial charge in [0.15, 0.2) is 0 Å². The van der Waals surface area contributed by atoms with Crippen LogP contribution in [0, 0.1) is 5.92 Å². The van der Waals surface area contributed by atoms with Gasteiger partial charge in [-0.3, -0.25) is 4.79 Å². The van der Waals surface area contributed by atoms with Gasteiger partial charge in [-0.05, 0) is 44.7 Å². The predicted octanol–water partition coefficient (Wildman–Crippen LogP) is 2.02. The molecule has 0 radical (unpaired) electrons. The highest BCUT2D eigenvalue weighted by molar-refractivity contribution is 5.76. The summed E-state index contributed by atoms with van der Waals surface area (Å²) in [6.45, 7) is 6.46. The molecule has 0 aromatic heterocycles. The van der Waals surface area contributed by atoms with Gasteiger partial charge in [-0.1, -0.05) is 13.8 Å². The minimum absolute atomic E-state index is 0.334. The van der Waals surface area contributed by atoms with E-state index in [9.17, 15) is 4.79 Å². The van der Waals surface area contributed by atoms with Gasteiger partial charge in [0.1, 0.15) is 0 Å². The molecule has 1 aliphatic rings. The van der Waals surface area contributed by atoms with Crippen molar-refractivity contribution in [3.05, 3.63) is 0 Å². The third kappa shape index (κ3) is 3.78. The third-order valence-corrected chi connectivity index (χ3v) is 3.81. The van der Waals surface area contributed by atoms with Crippen molar-refractivity contribution in [2.75, 3.05) is 20.1 Å². The second-order valence-corrected chi connectivity index (χ2v) is 4.87. The van der Waals surface area contributed by atoms with Gasteiger partial charge in [0.2, 0.25) is 5.91 Å². The van der Waals surface area contributed by atoms with E-state index in [1.54, 1.807) is 0 Å². The predicted molar refractivity (Wildman–Crippen MR) is 67.4 cm³/mol. The summed E-state index contributed by atoms with van der Waals surface area (Å²) >= 11 is 0. The fourth-order valence-corrected chi connectivity index (χ4v) is 2.52. The van der Waals surface area contributed by atoms with Gasteiger partial charge in [0, 0.05) is 19.5 Å². The molecule has 1 saturated heterocycles. The molecule has 0 aliphatic carbocycles. The van der Waals surface area contributed by atoms with E-state index in [4.69, 9.17) is 0 Å². The van der Waals surface area contributed by atoms with E-state index in [-0.39, 0.29) is 0 Å². The van der Waals surface area contributed by atoms with Crippen LogP contribution in [0.4, 0.5) is 0 Å². The number of carbonyl (C=O) groups is 1. The lowest BCUT2D eigenvalue weighted by atomic mass is 9.94. The van der Waals surface area contributed by atoms with Gasteiger partial charge < -0.3 is 10.2 Å². The SMILES string of the molecule is CCC(CC)N(C)C(=O)CC1CCNCC1. The molecule has 1 amide bonds. The standard InChI is InChI=1S/C13H26N2O/c1-4-12(5-2)15(3)13(16)10-11-6-8-14-9-7-11/h11-12,14H,4-10H2,1-3H3. The number of amides is 1. The van der Waals surface area contributed by atoms with Crippen LogP contribution in [0.2, 0.25) is 0 Å². The number of carbonyl (C=O) groups excluding carboxylic acids is 1. The van der Waals surface area contributed by atoms with Crippen LogP contribution in [0.5, 0.6) is 0 Å². The summed E-state index contributed by atoms with van der Waals surface area (Å²) in [5, 5.41) is 3.34. The van der Waals surface area contributed by atoms with Crippen LogP contribution in [0.25, 0.3) is 0 Å². The van der Waals surface area contributed by atoms with Crippen molar-refractivity contribution >= 4 is 5.91 Å². The maximum atomic E-state index is 12.1. The number of nitrogens with one attached hydrogen (secondary N) is 1. The number of rotatable bonds is 5. The Kier molecular flexibility index (Phi) is 5.81. The lowest BCUT2D eigenvalue weighted by Crippen LogP contribution is -2.38. The first-order chi connectivity index (χ1) is 7.69. The van der Waals surface area contributed by atoms with E-state index in [0.717, 1.165) is 45.2 Å². The van der Waals surface area contributed by atoms with Crippen LogP contribution in [0.1, 0.15) is 46.0 Å². The van der Waals surface area contributed by atoms with Crippen LogP contribution in [0.3, 0.4) is 0 Å². The van der Waals surface area contributed by atoms with E-state index < -0.39 is 0 Å². The van der Waals surface area contributed by atoms with Crippen molar-refractivity contribution in [3.63, 3.8) is 0 Å². The van der Waals surface area contributed by atoms with Gasteiger partial charge in [-0.15, -0.1) is 0 Å². The van der Waals surface area contributed by atoms with Crippen molar-refractivity contribution in [3.8, 4) is 0 Å². The molecule has 3 heteroatoms. The molecule has 1 aliphatic heterocycles. The second-order valence-electron chi connectivity index (χ2n) is 4.87. The molecule has 0 spiro atoms. The zero-order valence-corrected chi connectivity index (χ0v) is 11.0. The van der Waals surface area contributed by atoms with Crippen molar-refractivity contribution in [2.24, 2.45) is 5.92 Å². The molecule has 3 nitrogen and oxygen atoms in total. The zero-order valence-electron chi connectivity index (χ0n) is 11.0. The van der Waals surface area contributed by atoms with Gasteiger partial charge >= 0.3 is 0 Å². The van der Waals surface area contributed by atoms with Crippen molar-refractivity contribution < 1.29 is 4.79 Å². The largest absolute Gasteiger partial charge is 0.343 e. The number of nitrogens with zero attached hydrogens (tertiary/aromatic N) is 1. The summed E-state index contributed by atoms with van der Waals surface area (Å²) in [6.07, 6.45) is 5.18. The van der Waals surface area contributed by atoms with E-state index in [1.807, 2.05) is 11.9 Å². The minimum atomic E-state index is 0.334. The molecule has 94 valence electrons. The molecule has 0 atom stereocenters. The lowest BCUT2D eigenvalue weighted by Gasteiger charge is -2.29. The molecule has 1 heterocycles. The Hall–Kier alpha value is -0.570. The van der Waals surface area contributed by atoms with Crippen molar-refractivity contribution in [1.29, 1.82) is 0 Å². The number of hydrogen-bond acceptors (Lipinski definition) is 2. The fraction of sp³-hybridized carbons (Fsp3) is 0.923. The maximum absolute atomic E-state index is 12.1. The number of hydrogen-bond donors (Lipinski definition) is 1. The van der Waals surface area contributed by atoms with E-state index in [2.05, 4.69) is 19.2 Å². The minimum Gasteiger partial charge on any atom is -0.343 e. The Morgan fingerprint density at radius 2 is 1.88 bits per heavy atom. The Bertz CT molecular complexity index is 208. The summed E-state index contributed by atoms with van der Waals surface area (Å²) < 4.78 is 0. The zero-order chi connectivity index (χ0) is 12.0. The summed E-state index contributed by atoms with van der Waals surface area (Å²) in [7, 11) is 1.96. The van der Waals surface area contributed by atoms with Crippen LogP contribution >= 0.6 is 0 Å². The van der Waals surface area contributed by atoms with Crippen molar-refractivity contribution in [1.82, 2.24) is 10.2 Å². The average molecular weight is 226 g/mol. The van der Waals surface area contributed by atoms with Crippen molar-refractivity contribution in [2.45, 2.75) is 52.0 Å². The Labute approximate surface area is 99.6 Å². The van der Waals surface area contributed by atoms with E-state index in [1.165, 1.54) is 0 Å². The molecule has 0 unspecified atom stereocenters. The summed E-state index contributed by atoms with van der Waals surface area (Å²) in [4.78, 5) is 14.0. The smallest absolute Gasteiger partial charge is 0.222 e. The first-order valence-corrected chi connectivity index (χ1v) is 6.65. The Balaban J connectivity index is 2.37. The third-order valence-electron chi connectivity index (χ3n) is 3.81. The topological polar surface area (TPSA) is 32.3 Å².